The van der Waals surface area contributed by atoms with Crippen LogP contribution in [0.5, 0.6) is 0 Å². The number of nitrogens with zero attached hydrogens (tertiary/aromatic N) is 1. The summed E-state index contributed by atoms with van der Waals surface area (Å²) in [5.74, 6) is 0.967. The van der Waals surface area contributed by atoms with Crippen LogP contribution in [0.4, 0.5) is 0 Å². The van der Waals surface area contributed by atoms with Crippen molar-refractivity contribution in [3.05, 3.63) is 40.6 Å². The molecule has 17 heavy (non-hydrogen) atoms. The smallest absolute Gasteiger partial charge is 0.346 e. The Hall–Kier alpha value is -1.64. The molecule has 1 aromatic heterocycles. The Kier molecular flexibility index (Phi) is 2.67. The van der Waals surface area contributed by atoms with E-state index in [2.05, 4.69) is 4.98 Å². The summed E-state index contributed by atoms with van der Waals surface area (Å²) in [7, 11) is 0. The van der Waals surface area contributed by atoms with Crippen LogP contribution < -0.4 is 5.63 Å². The van der Waals surface area contributed by atoms with Gasteiger partial charge in [0.05, 0.1) is 10.9 Å². The second-order valence-corrected chi connectivity index (χ2v) is 4.69. The molecule has 1 aromatic carbocycles. The molecule has 0 amide bonds. The summed E-state index contributed by atoms with van der Waals surface area (Å²) >= 11 is 0. The van der Waals surface area contributed by atoms with Crippen LogP contribution in [0.1, 0.15) is 43.9 Å². The highest BCUT2D eigenvalue weighted by molar-refractivity contribution is 5.76. The molecule has 0 spiro atoms. The molecular formula is C14H15NO2. The number of para-hydroxylation sites is 1. The summed E-state index contributed by atoms with van der Waals surface area (Å²) in [5.41, 5.74) is 0.500. The van der Waals surface area contributed by atoms with Crippen LogP contribution in [-0.2, 0) is 0 Å². The lowest BCUT2D eigenvalue weighted by Crippen LogP contribution is -2.11. The van der Waals surface area contributed by atoms with Gasteiger partial charge in [-0.05, 0) is 25.0 Å². The van der Waals surface area contributed by atoms with Gasteiger partial charge in [0.15, 0.2) is 0 Å². The molecule has 3 nitrogen and oxygen atoms in total. The maximum Gasteiger partial charge on any atom is 0.346 e. The molecule has 1 fully saturated rings. The van der Waals surface area contributed by atoms with Gasteiger partial charge < -0.3 is 4.42 Å². The Morgan fingerprint density at radius 2 is 1.88 bits per heavy atom. The summed E-state index contributed by atoms with van der Waals surface area (Å²) in [6.45, 7) is 0. The number of fused-ring (bicyclic) bond motifs is 1. The first-order chi connectivity index (χ1) is 8.34. The minimum Gasteiger partial charge on any atom is -0.408 e. The molecule has 1 saturated carbocycles. The van der Waals surface area contributed by atoms with Gasteiger partial charge in [0.2, 0.25) is 5.89 Å². The zero-order valence-electron chi connectivity index (χ0n) is 9.69. The molecule has 2 aromatic rings. The maximum absolute atomic E-state index is 11.8. The first-order valence-electron chi connectivity index (χ1n) is 6.24. The van der Waals surface area contributed by atoms with Crippen LogP contribution in [0.25, 0.3) is 10.9 Å². The lowest BCUT2D eigenvalue weighted by Gasteiger charge is -2.19. The number of rotatable bonds is 1. The average Bonchev–Trinajstić information content (AvgIpc) is 2.40. The molecule has 0 bridgehead atoms. The Morgan fingerprint density at radius 1 is 1.12 bits per heavy atom. The minimum atomic E-state index is -0.254. The molecule has 1 aliphatic carbocycles. The van der Waals surface area contributed by atoms with Crippen LogP contribution in [0.2, 0.25) is 0 Å². The first kappa shape index (κ1) is 10.5. The molecule has 3 heteroatoms. The van der Waals surface area contributed by atoms with Crippen LogP contribution >= 0.6 is 0 Å². The molecule has 0 unspecified atom stereocenters. The fourth-order valence-electron chi connectivity index (χ4n) is 2.56. The van der Waals surface area contributed by atoms with Gasteiger partial charge in [-0.25, -0.2) is 9.78 Å². The molecule has 1 aliphatic rings. The molecule has 1 heterocycles. The Labute approximate surface area is 99.5 Å². The van der Waals surface area contributed by atoms with Crippen LogP contribution in [-0.4, -0.2) is 4.98 Å². The number of hydrogen-bond donors (Lipinski definition) is 0. The fraction of sp³-hybridized carbons (Fsp3) is 0.429. The zero-order valence-corrected chi connectivity index (χ0v) is 9.69. The van der Waals surface area contributed by atoms with Crippen molar-refractivity contribution in [3.63, 3.8) is 0 Å². The minimum absolute atomic E-state index is 0.254. The van der Waals surface area contributed by atoms with E-state index in [-0.39, 0.29) is 5.63 Å². The molecule has 3 rings (SSSR count). The van der Waals surface area contributed by atoms with Crippen LogP contribution in [0.3, 0.4) is 0 Å². The van der Waals surface area contributed by atoms with Gasteiger partial charge in [-0.15, -0.1) is 0 Å². The fourth-order valence-corrected chi connectivity index (χ4v) is 2.56. The van der Waals surface area contributed by atoms with Crippen molar-refractivity contribution in [1.29, 1.82) is 0 Å². The lowest BCUT2D eigenvalue weighted by molar-refractivity contribution is 0.342. The second-order valence-electron chi connectivity index (χ2n) is 4.69. The average molecular weight is 229 g/mol. The molecule has 0 atom stereocenters. The highest BCUT2D eigenvalue weighted by Gasteiger charge is 2.20. The summed E-state index contributed by atoms with van der Waals surface area (Å²) in [5, 5.41) is 0.576. The number of benzene rings is 1. The van der Waals surface area contributed by atoms with Gasteiger partial charge >= 0.3 is 5.63 Å². The van der Waals surface area contributed by atoms with Gasteiger partial charge in [0.1, 0.15) is 0 Å². The topological polar surface area (TPSA) is 43.1 Å². The van der Waals surface area contributed by atoms with E-state index < -0.39 is 0 Å². The summed E-state index contributed by atoms with van der Waals surface area (Å²) < 4.78 is 5.36. The SMILES string of the molecule is O=c1oc(C2CCCCC2)nc2ccccc12. The van der Waals surface area contributed by atoms with Crippen LogP contribution in [0.15, 0.2) is 33.5 Å². The monoisotopic (exact) mass is 229 g/mol. The Morgan fingerprint density at radius 3 is 2.71 bits per heavy atom. The van der Waals surface area contributed by atoms with Crippen molar-refractivity contribution in [3.8, 4) is 0 Å². The van der Waals surface area contributed by atoms with E-state index in [1.165, 1.54) is 19.3 Å². The zero-order chi connectivity index (χ0) is 11.7. The molecule has 0 aliphatic heterocycles. The van der Waals surface area contributed by atoms with Gasteiger partial charge in [-0.2, -0.15) is 0 Å². The van der Waals surface area contributed by atoms with Crippen molar-refractivity contribution in [1.82, 2.24) is 4.98 Å². The van der Waals surface area contributed by atoms with Gasteiger partial charge in [0.25, 0.3) is 0 Å². The quantitative estimate of drug-likeness (QED) is 0.754. The molecular weight excluding hydrogens is 214 g/mol. The van der Waals surface area contributed by atoms with E-state index in [0.29, 0.717) is 17.2 Å². The third kappa shape index (κ3) is 1.97. The third-order valence-electron chi connectivity index (χ3n) is 3.51. The van der Waals surface area contributed by atoms with Gasteiger partial charge in [-0.3, -0.25) is 0 Å². The third-order valence-corrected chi connectivity index (χ3v) is 3.51. The van der Waals surface area contributed by atoms with E-state index in [9.17, 15) is 4.79 Å². The van der Waals surface area contributed by atoms with E-state index in [1.807, 2.05) is 18.2 Å². The Bertz CT molecular complexity index is 582. The summed E-state index contributed by atoms with van der Waals surface area (Å²) in [6.07, 6.45) is 5.89. The largest absolute Gasteiger partial charge is 0.408 e. The van der Waals surface area contributed by atoms with Gasteiger partial charge in [0, 0.05) is 5.92 Å². The normalized spacial score (nSPS) is 17.4. The summed E-state index contributed by atoms with van der Waals surface area (Å²) in [6, 6.07) is 7.37. The highest BCUT2D eigenvalue weighted by Crippen LogP contribution is 2.31. The number of hydrogen-bond acceptors (Lipinski definition) is 3. The molecule has 0 saturated heterocycles. The van der Waals surface area contributed by atoms with Crippen molar-refractivity contribution in [2.75, 3.05) is 0 Å². The van der Waals surface area contributed by atoms with Crippen molar-refractivity contribution in [2.45, 2.75) is 38.0 Å². The number of aromatic nitrogens is 1. The van der Waals surface area contributed by atoms with Gasteiger partial charge in [-0.1, -0.05) is 31.4 Å². The van der Waals surface area contributed by atoms with Crippen molar-refractivity contribution >= 4 is 10.9 Å². The van der Waals surface area contributed by atoms with Crippen LogP contribution in [0, 0.1) is 0 Å². The second kappa shape index (κ2) is 4.32. The predicted octanol–water partition coefficient (Wildman–Crippen LogP) is 3.24. The first-order valence-corrected chi connectivity index (χ1v) is 6.24. The van der Waals surface area contributed by atoms with E-state index in [1.54, 1.807) is 6.07 Å². The van der Waals surface area contributed by atoms with E-state index in [4.69, 9.17) is 4.42 Å². The molecule has 88 valence electrons. The molecule has 0 N–H and O–H groups in total. The predicted molar refractivity (Wildman–Crippen MR) is 66.1 cm³/mol. The van der Waals surface area contributed by atoms with Crippen molar-refractivity contribution in [2.24, 2.45) is 0 Å². The molecule has 0 radical (unpaired) electrons. The van der Waals surface area contributed by atoms with E-state index >= 15 is 0 Å². The maximum atomic E-state index is 11.8. The van der Waals surface area contributed by atoms with E-state index in [0.717, 1.165) is 18.4 Å². The highest BCUT2D eigenvalue weighted by atomic mass is 16.4. The van der Waals surface area contributed by atoms with Crippen molar-refractivity contribution < 1.29 is 4.42 Å². The lowest BCUT2D eigenvalue weighted by atomic mass is 9.89. The standard InChI is InChI=1S/C14H15NO2/c16-14-11-8-4-5-9-12(11)15-13(17-14)10-6-2-1-3-7-10/h4-5,8-10H,1-3,6-7H2. The Balaban J connectivity index is 2.08. The summed E-state index contributed by atoms with van der Waals surface area (Å²) in [4.78, 5) is 16.3.